The Bertz CT molecular complexity index is 709. The summed E-state index contributed by atoms with van der Waals surface area (Å²) in [7, 11) is 0. The van der Waals surface area contributed by atoms with E-state index in [0.29, 0.717) is 5.69 Å². The molecule has 0 radical (unpaired) electrons. The molecule has 1 aliphatic rings. The summed E-state index contributed by atoms with van der Waals surface area (Å²) in [5, 5.41) is 2.13. The van der Waals surface area contributed by atoms with Gasteiger partial charge >= 0.3 is 6.03 Å². The minimum atomic E-state index is -0.704. The first-order valence-electron chi connectivity index (χ1n) is 6.63. The highest BCUT2D eigenvalue weighted by Crippen LogP contribution is 2.29. The van der Waals surface area contributed by atoms with Crippen molar-refractivity contribution in [1.29, 1.82) is 0 Å². The van der Waals surface area contributed by atoms with Crippen LogP contribution < -0.4 is 10.2 Å². The van der Waals surface area contributed by atoms with E-state index in [4.69, 9.17) is 0 Å². The van der Waals surface area contributed by atoms with Gasteiger partial charge < -0.3 is 0 Å². The summed E-state index contributed by atoms with van der Waals surface area (Å²) in [4.78, 5) is 37.8. The Labute approximate surface area is 131 Å². The lowest BCUT2D eigenvalue weighted by Crippen LogP contribution is -2.52. The van der Waals surface area contributed by atoms with Crippen molar-refractivity contribution in [3.8, 4) is 0 Å². The van der Waals surface area contributed by atoms with Crippen molar-refractivity contribution in [3.63, 3.8) is 0 Å². The first kappa shape index (κ1) is 14.3. The number of carbonyl (C=O) groups excluding carboxylic acids is 3. The van der Waals surface area contributed by atoms with Gasteiger partial charge in [-0.2, -0.15) is 0 Å². The number of carbonyl (C=O) groups is 3. The highest BCUT2D eigenvalue weighted by molar-refractivity contribution is 7.99. The second-order valence-electron chi connectivity index (χ2n) is 4.67. The largest absolute Gasteiger partial charge is 0.335 e. The molecule has 22 heavy (non-hydrogen) atoms. The van der Waals surface area contributed by atoms with Gasteiger partial charge in [-0.05, 0) is 36.4 Å². The summed E-state index contributed by atoms with van der Waals surface area (Å²) in [6.45, 7) is 0. The SMILES string of the molecule is O=C1CC(=O)N(c2ccc(Sc3ccccc3)cc2)C(=O)N1. The van der Waals surface area contributed by atoms with Gasteiger partial charge in [0.2, 0.25) is 11.8 Å². The third-order valence-electron chi connectivity index (χ3n) is 3.08. The number of amides is 4. The van der Waals surface area contributed by atoms with Crippen molar-refractivity contribution in [2.45, 2.75) is 16.2 Å². The van der Waals surface area contributed by atoms with Gasteiger partial charge in [0.1, 0.15) is 6.42 Å². The van der Waals surface area contributed by atoms with Crippen molar-refractivity contribution < 1.29 is 14.4 Å². The smallest absolute Gasteiger partial charge is 0.277 e. The first-order valence-corrected chi connectivity index (χ1v) is 7.45. The van der Waals surface area contributed by atoms with Crippen molar-refractivity contribution in [2.75, 3.05) is 4.90 Å². The minimum Gasteiger partial charge on any atom is -0.277 e. The highest BCUT2D eigenvalue weighted by Gasteiger charge is 2.31. The van der Waals surface area contributed by atoms with E-state index < -0.39 is 17.8 Å². The van der Waals surface area contributed by atoms with E-state index in [1.54, 1.807) is 23.9 Å². The molecule has 0 atom stereocenters. The Morgan fingerprint density at radius 1 is 0.864 bits per heavy atom. The number of imide groups is 2. The molecular formula is C16H12N2O3S. The predicted molar refractivity (Wildman–Crippen MR) is 82.6 cm³/mol. The fraction of sp³-hybridized carbons (Fsp3) is 0.0625. The lowest BCUT2D eigenvalue weighted by molar-refractivity contribution is -0.128. The second-order valence-corrected chi connectivity index (χ2v) is 5.82. The third kappa shape index (κ3) is 3.01. The minimum absolute atomic E-state index is 0.313. The predicted octanol–water partition coefficient (Wildman–Crippen LogP) is 2.81. The molecule has 0 aliphatic carbocycles. The Kier molecular flexibility index (Phi) is 3.93. The zero-order valence-electron chi connectivity index (χ0n) is 11.5. The quantitative estimate of drug-likeness (QED) is 0.885. The van der Waals surface area contributed by atoms with Gasteiger partial charge in [-0.25, -0.2) is 9.69 Å². The van der Waals surface area contributed by atoms with Crippen LogP contribution in [0.15, 0.2) is 64.4 Å². The number of benzene rings is 2. The molecule has 1 N–H and O–H groups in total. The molecule has 0 saturated carbocycles. The second kappa shape index (κ2) is 6.03. The zero-order chi connectivity index (χ0) is 15.5. The molecule has 1 aliphatic heterocycles. The van der Waals surface area contributed by atoms with Gasteiger partial charge in [-0.1, -0.05) is 30.0 Å². The van der Waals surface area contributed by atoms with Gasteiger partial charge in [0.25, 0.3) is 0 Å². The molecule has 5 nitrogen and oxygen atoms in total. The van der Waals surface area contributed by atoms with E-state index in [0.717, 1.165) is 14.7 Å². The van der Waals surface area contributed by atoms with Crippen LogP contribution in [0, 0.1) is 0 Å². The van der Waals surface area contributed by atoms with E-state index in [2.05, 4.69) is 5.32 Å². The summed E-state index contributed by atoms with van der Waals surface area (Å²) >= 11 is 1.59. The molecule has 0 aromatic heterocycles. The molecule has 1 heterocycles. The van der Waals surface area contributed by atoms with E-state index in [-0.39, 0.29) is 6.42 Å². The molecule has 2 aromatic carbocycles. The molecule has 6 heteroatoms. The van der Waals surface area contributed by atoms with Gasteiger partial charge in [-0.3, -0.25) is 14.9 Å². The van der Waals surface area contributed by atoms with Crippen LogP contribution in [0.25, 0.3) is 0 Å². The van der Waals surface area contributed by atoms with Crippen LogP contribution >= 0.6 is 11.8 Å². The molecule has 4 amide bonds. The van der Waals surface area contributed by atoms with Crippen LogP contribution in [0.1, 0.15) is 6.42 Å². The fourth-order valence-corrected chi connectivity index (χ4v) is 2.94. The Balaban J connectivity index is 1.78. The van der Waals surface area contributed by atoms with Gasteiger partial charge in [0, 0.05) is 9.79 Å². The maximum Gasteiger partial charge on any atom is 0.335 e. The lowest BCUT2D eigenvalue weighted by Gasteiger charge is -2.24. The molecule has 0 unspecified atom stereocenters. The van der Waals surface area contributed by atoms with E-state index in [1.165, 1.54) is 0 Å². The Hall–Kier alpha value is -2.60. The van der Waals surface area contributed by atoms with Crippen LogP contribution in [0.4, 0.5) is 10.5 Å². The maximum atomic E-state index is 11.8. The molecule has 1 saturated heterocycles. The van der Waals surface area contributed by atoms with E-state index in [1.807, 2.05) is 42.5 Å². The topological polar surface area (TPSA) is 66.5 Å². The standard InChI is InChI=1S/C16H12N2O3S/c19-14-10-15(20)18(16(21)17-14)11-6-8-13(9-7-11)22-12-4-2-1-3-5-12/h1-9H,10H2,(H,17,19,21). The Morgan fingerprint density at radius 3 is 2.14 bits per heavy atom. The third-order valence-corrected chi connectivity index (χ3v) is 4.10. The van der Waals surface area contributed by atoms with Crippen molar-refractivity contribution >= 4 is 35.3 Å². The zero-order valence-corrected chi connectivity index (χ0v) is 12.3. The number of rotatable bonds is 3. The monoisotopic (exact) mass is 312 g/mol. The number of nitrogens with one attached hydrogen (secondary N) is 1. The number of barbiturate groups is 1. The molecule has 3 rings (SSSR count). The number of hydrogen-bond acceptors (Lipinski definition) is 4. The molecule has 0 bridgehead atoms. The van der Waals surface area contributed by atoms with Crippen LogP contribution in [0.3, 0.4) is 0 Å². The summed E-state index contributed by atoms with van der Waals surface area (Å²) < 4.78 is 0. The maximum absolute atomic E-state index is 11.8. The first-order chi connectivity index (χ1) is 10.6. The van der Waals surface area contributed by atoms with Crippen molar-refractivity contribution in [1.82, 2.24) is 5.32 Å². The van der Waals surface area contributed by atoms with Crippen molar-refractivity contribution in [3.05, 3.63) is 54.6 Å². The molecule has 2 aromatic rings. The van der Waals surface area contributed by atoms with E-state index in [9.17, 15) is 14.4 Å². The van der Waals surface area contributed by atoms with Crippen LogP contribution in [-0.2, 0) is 9.59 Å². The summed E-state index contributed by atoms with van der Waals surface area (Å²) in [6.07, 6.45) is -0.313. The van der Waals surface area contributed by atoms with E-state index >= 15 is 0 Å². The molecule has 1 fully saturated rings. The number of hydrogen-bond donors (Lipinski definition) is 1. The fourth-order valence-electron chi connectivity index (χ4n) is 2.10. The Morgan fingerprint density at radius 2 is 1.50 bits per heavy atom. The van der Waals surface area contributed by atoms with Crippen LogP contribution in [0.5, 0.6) is 0 Å². The summed E-state index contributed by atoms with van der Waals surface area (Å²) in [5.74, 6) is -1.08. The lowest BCUT2D eigenvalue weighted by atomic mass is 10.2. The number of nitrogens with zero attached hydrogens (tertiary/aromatic N) is 1. The van der Waals surface area contributed by atoms with Crippen LogP contribution in [0.2, 0.25) is 0 Å². The van der Waals surface area contributed by atoms with Crippen LogP contribution in [-0.4, -0.2) is 17.8 Å². The molecular weight excluding hydrogens is 300 g/mol. The normalized spacial score (nSPS) is 14.9. The number of anilines is 1. The average Bonchev–Trinajstić information content (AvgIpc) is 2.49. The molecule has 0 spiro atoms. The highest BCUT2D eigenvalue weighted by atomic mass is 32.2. The summed E-state index contributed by atoms with van der Waals surface area (Å²) in [5.41, 5.74) is 0.451. The van der Waals surface area contributed by atoms with Gasteiger partial charge in [-0.15, -0.1) is 0 Å². The van der Waals surface area contributed by atoms with Gasteiger partial charge in [0.05, 0.1) is 5.69 Å². The summed E-state index contributed by atoms with van der Waals surface area (Å²) in [6, 6.07) is 16.2. The molecule has 110 valence electrons. The average molecular weight is 312 g/mol. The van der Waals surface area contributed by atoms with Gasteiger partial charge in [0.15, 0.2) is 0 Å². The van der Waals surface area contributed by atoms with Crippen molar-refractivity contribution in [2.24, 2.45) is 0 Å². The number of urea groups is 1.